The van der Waals surface area contributed by atoms with Crippen LogP contribution in [0.3, 0.4) is 0 Å². The zero-order chi connectivity index (χ0) is 16.5. The fourth-order valence-electron chi connectivity index (χ4n) is 1.43. The van der Waals surface area contributed by atoms with Crippen LogP contribution < -0.4 is 15.8 Å². The van der Waals surface area contributed by atoms with Gasteiger partial charge in [-0.05, 0) is 30.2 Å². The van der Waals surface area contributed by atoms with E-state index >= 15 is 0 Å². The van der Waals surface area contributed by atoms with Gasteiger partial charge in [-0.25, -0.2) is 4.79 Å². The van der Waals surface area contributed by atoms with E-state index in [0.29, 0.717) is 18.2 Å². The molecule has 120 valence electrons. The van der Waals surface area contributed by atoms with Gasteiger partial charge < -0.3 is 20.5 Å². The summed E-state index contributed by atoms with van der Waals surface area (Å²) < 4.78 is 9.96. The molecule has 0 saturated heterocycles. The highest BCUT2D eigenvalue weighted by atomic mass is 16.5. The normalized spacial score (nSPS) is 10.1. The molecule has 1 rings (SSSR count). The second kappa shape index (κ2) is 8.66. The van der Waals surface area contributed by atoms with Crippen LogP contribution in [0.15, 0.2) is 24.3 Å². The highest BCUT2D eigenvalue weighted by Crippen LogP contribution is 2.12. The van der Waals surface area contributed by atoms with Crippen LogP contribution in [-0.4, -0.2) is 37.5 Å². The molecule has 1 aromatic rings. The van der Waals surface area contributed by atoms with Gasteiger partial charge in [0.05, 0.1) is 5.56 Å². The molecule has 0 aliphatic carbocycles. The van der Waals surface area contributed by atoms with Crippen molar-refractivity contribution in [3.63, 3.8) is 0 Å². The number of amides is 2. The molecular formula is C15H20N2O5. The van der Waals surface area contributed by atoms with E-state index in [1.165, 1.54) is 24.3 Å². The van der Waals surface area contributed by atoms with Gasteiger partial charge in [-0.3, -0.25) is 9.59 Å². The third-order valence-electron chi connectivity index (χ3n) is 2.51. The van der Waals surface area contributed by atoms with E-state index in [1.54, 1.807) is 0 Å². The zero-order valence-electron chi connectivity index (χ0n) is 12.6. The van der Waals surface area contributed by atoms with Crippen LogP contribution in [0.2, 0.25) is 0 Å². The standard InChI is InChI=1S/C15H20N2O5/c1-10(2)7-17-14(19)9-22-15(20)11-3-5-12(6-4-11)21-8-13(16)18/h3-6,10H,7-9H2,1-2H3,(H2,16,18)(H,17,19). The molecule has 7 heteroatoms. The van der Waals surface area contributed by atoms with Gasteiger partial charge in [-0.1, -0.05) is 13.8 Å². The molecule has 0 fully saturated rings. The Kier molecular flexibility index (Phi) is 6.88. The molecule has 2 amide bonds. The van der Waals surface area contributed by atoms with Crippen LogP contribution in [0.25, 0.3) is 0 Å². The smallest absolute Gasteiger partial charge is 0.338 e. The summed E-state index contributed by atoms with van der Waals surface area (Å²) in [4.78, 5) is 33.8. The van der Waals surface area contributed by atoms with Crippen LogP contribution in [0, 0.1) is 5.92 Å². The molecule has 0 bridgehead atoms. The number of hydrogen-bond donors (Lipinski definition) is 2. The summed E-state index contributed by atoms with van der Waals surface area (Å²) >= 11 is 0. The number of carbonyl (C=O) groups is 3. The molecule has 0 aromatic heterocycles. The highest BCUT2D eigenvalue weighted by Gasteiger charge is 2.10. The van der Waals surface area contributed by atoms with Crippen molar-refractivity contribution < 1.29 is 23.9 Å². The van der Waals surface area contributed by atoms with Gasteiger partial charge >= 0.3 is 5.97 Å². The lowest BCUT2D eigenvalue weighted by Crippen LogP contribution is -2.31. The second-order valence-electron chi connectivity index (χ2n) is 5.05. The molecule has 0 heterocycles. The van der Waals surface area contributed by atoms with E-state index in [9.17, 15) is 14.4 Å². The van der Waals surface area contributed by atoms with Crippen molar-refractivity contribution in [2.75, 3.05) is 19.8 Å². The number of ether oxygens (including phenoxy) is 2. The second-order valence-corrected chi connectivity index (χ2v) is 5.05. The first-order valence-corrected chi connectivity index (χ1v) is 6.83. The maximum absolute atomic E-state index is 11.7. The monoisotopic (exact) mass is 308 g/mol. The molecule has 0 aliphatic heterocycles. The largest absolute Gasteiger partial charge is 0.484 e. The molecule has 0 radical (unpaired) electrons. The summed E-state index contributed by atoms with van der Waals surface area (Å²) in [6, 6.07) is 5.98. The van der Waals surface area contributed by atoms with Gasteiger partial charge in [0.1, 0.15) is 5.75 Å². The third-order valence-corrected chi connectivity index (χ3v) is 2.51. The Bertz CT molecular complexity index is 525. The van der Waals surface area contributed by atoms with Gasteiger partial charge in [0, 0.05) is 6.54 Å². The molecule has 1 aromatic carbocycles. The van der Waals surface area contributed by atoms with Crippen molar-refractivity contribution in [2.24, 2.45) is 11.7 Å². The number of nitrogens with one attached hydrogen (secondary N) is 1. The average molecular weight is 308 g/mol. The molecule has 0 saturated carbocycles. The molecule has 0 aliphatic rings. The maximum Gasteiger partial charge on any atom is 0.338 e. The zero-order valence-corrected chi connectivity index (χ0v) is 12.6. The number of nitrogens with two attached hydrogens (primary N) is 1. The fourth-order valence-corrected chi connectivity index (χ4v) is 1.43. The minimum atomic E-state index is -0.610. The Hall–Kier alpha value is -2.57. The van der Waals surface area contributed by atoms with E-state index in [4.69, 9.17) is 15.2 Å². The summed E-state index contributed by atoms with van der Waals surface area (Å²) in [6.45, 7) is 3.90. The number of primary amides is 1. The Morgan fingerprint density at radius 3 is 2.32 bits per heavy atom. The Morgan fingerprint density at radius 1 is 1.14 bits per heavy atom. The first-order valence-electron chi connectivity index (χ1n) is 6.83. The number of rotatable bonds is 8. The predicted octanol–water partition coefficient (Wildman–Crippen LogP) is 0.480. The third kappa shape index (κ3) is 6.74. The number of esters is 1. The molecule has 22 heavy (non-hydrogen) atoms. The average Bonchev–Trinajstić information content (AvgIpc) is 2.49. The lowest BCUT2D eigenvalue weighted by Gasteiger charge is -2.08. The molecule has 0 unspecified atom stereocenters. The van der Waals surface area contributed by atoms with Gasteiger partial charge in [0.2, 0.25) is 0 Å². The molecule has 0 spiro atoms. The summed E-state index contributed by atoms with van der Waals surface area (Å²) in [5.74, 6) is -0.807. The number of hydrogen-bond acceptors (Lipinski definition) is 5. The lowest BCUT2D eigenvalue weighted by atomic mass is 10.2. The highest BCUT2D eigenvalue weighted by molar-refractivity contribution is 5.91. The van der Waals surface area contributed by atoms with Crippen molar-refractivity contribution in [3.05, 3.63) is 29.8 Å². The predicted molar refractivity (Wildman–Crippen MR) is 79.3 cm³/mol. The van der Waals surface area contributed by atoms with E-state index in [2.05, 4.69) is 5.32 Å². The lowest BCUT2D eigenvalue weighted by molar-refractivity contribution is -0.124. The number of carbonyl (C=O) groups excluding carboxylic acids is 3. The van der Waals surface area contributed by atoms with Crippen LogP contribution in [0.1, 0.15) is 24.2 Å². The number of benzene rings is 1. The SMILES string of the molecule is CC(C)CNC(=O)COC(=O)c1ccc(OCC(N)=O)cc1. The minimum Gasteiger partial charge on any atom is -0.484 e. The maximum atomic E-state index is 11.7. The van der Waals surface area contributed by atoms with Crippen molar-refractivity contribution in [3.8, 4) is 5.75 Å². The Balaban J connectivity index is 2.42. The van der Waals surface area contributed by atoms with E-state index < -0.39 is 11.9 Å². The van der Waals surface area contributed by atoms with Gasteiger partial charge in [-0.15, -0.1) is 0 Å². The van der Waals surface area contributed by atoms with Crippen molar-refractivity contribution in [1.82, 2.24) is 5.32 Å². The first kappa shape index (κ1) is 17.5. The minimum absolute atomic E-state index is 0.236. The van der Waals surface area contributed by atoms with Gasteiger partial charge in [0.15, 0.2) is 13.2 Å². The first-order chi connectivity index (χ1) is 10.4. The van der Waals surface area contributed by atoms with Crippen molar-refractivity contribution in [1.29, 1.82) is 0 Å². The van der Waals surface area contributed by atoms with Crippen LogP contribution in [0.4, 0.5) is 0 Å². The van der Waals surface area contributed by atoms with Gasteiger partial charge in [-0.2, -0.15) is 0 Å². The van der Waals surface area contributed by atoms with Crippen LogP contribution in [-0.2, 0) is 14.3 Å². The Labute approximate surface area is 128 Å². The van der Waals surface area contributed by atoms with Crippen molar-refractivity contribution in [2.45, 2.75) is 13.8 Å². The topological polar surface area (TPSA) is 108 Å². The van der Waals surface area contributed by atoms with E-state index in [1.807, 2.05) is 13.8 Å². The van der Waals surface area contributed by atoms with E-state index in [0.717, 1.165) is 0 Å². The molecule has 3 N–H and O–H groups in total. The summed E-state index contributed by atoms with van der Waals surface area (Å²) in [5.41, 5.74) is 5.23. The van der Waals surface area contributed by atoms with Crippen molar-refractivity contribution >= 4 is 17.8 Å². The summed E-state index contributed by atoms with van der Waals surface area (Å²) in [6.07, 6.45) is 0. The molecule has 0 atom stereocenters. The molecule has 7 nitrogen and oxygen atoms in total. The molecular weight excluding hydrogens is 288 g/mol. The summed E-state index contributed by atoms with van der Waals surface area (Å²) in [7, 11) is 0. The summed E-state index contributed by atoms with van der Waals surface area (Å²) in [5, 5.41) is 2.65. The van der Waals surface area contributed by atoms with Crippen LogP contribution >= 0.6 is 0 Å². The Morgan fingerprint density at radius 2 is 1.77 bits per heavy atom. The quantitative estimate of drug-likeness (QED) is 0.679. The van der Waals surface area contributed by atoms with Gasteiger partial charge in [0.25, 0.3) is 11.8 Å². The van der Waals surface area contributed by atoms with Crippen LogP contribution in [0.5, 0.6) is 5.75 Å². The fraction of sp³-hybridized carbons (Fsp3) is 0.400. The van der Waals surface area contributed by atoms with E-state index in [-0.39, 0.29) is 24.7 Å².